The lowest BCUT2D eigenvalue weighted by atomic mass is 9.48. The molecule has 0 aromatic heterocycles. The fourth-order valence-corrected chi connectivity index (χ4v) is 6.76. The molecule has 156 valence electrons. The first-order valence-electron chi connectivity index (χ1n) is 9.88. The predicted molar refractivity (Wildman–Crippen MR) is 92.6 cm³/mol. The van der Waals surface area contributed by atoms with E-state index in [1.165, 1.54) is 6.92 Å². The van der Waals surface area contributed by atoms with E-state index in [1.807, 2.05) is 12.2 Å². The molecule has 0 amide bonds. The van der Waals surface area contributed by atoms with E-state index < -0.39 is 35.5 Å². The Hall–Kier alpha value is -1.24. The van der Waals surface area contributed by atoms with Gasteiger partial charge in [0.1, 0.15) is 5.60 Å². The van der Waals surface area contributed by atoms with Gasteiger partial charge in [-0.3, -0.25) is 4.79 Å². The summed E-state index contributed by atoms with van der Waals surface area (Å²) in [5.41, 5.74) is -3.95. The summed E-state index contributed by atoms with van der Waals surface area (Å²) in [5, 5.41) is 10.8. The van der Waals surface area contributed by atoms with Crippen LogP contribution >= 0.6 is 0 Å². The van der Waals surface area contributed by atoms with E-state index in [9.17, 15) is 31.9 Å². The maximum atomic E-state index is 14.4. The van der Waals surface area contributed by atoms with Gasteiger partial charge in [-0.25, -0.2) is 0 Å². The van der Waals surface area contributed by atoms with Gasteiger partial charge < -0.3 is 5.11 Å². The molecular formula is C21H25F5O2. The zero-order valence-corrected chi connectivity index (χ0v) is 16.0. The van der Waals surface area contributed by atoms with Gasteiger partial charge in [-0.05, 0) is 66.9 Å². The Morgan fingerprint density at radius 3 is 2.32 bits per heavy atom. The van der Waals surface area contributed by atoms with Crippen LogP contribution in [0.5, 0.6) is 0 Å². The van der Waals surface area contributed by atoms with E-state index in [-0.39, 0.29) is 35.9 Å². The van der Waals surface area contributed by atoms with Crippen molar-refractivity contribution < 1.29 is 31.9 Å². The minimum absolute atomic E-state index is 0.0660. The maximum Gasteiger partial charge on any atom is 0.456 e. The van der Waals surface area contributed by atoms with Crippen molar-refractivity contribution in [3.05, 3.63) is 23.8 Å². The first kappa shape index (κ1) is 20.0. The smallest absolute Gasteiger partial charge is 0.383 e. The van der Waals surface area contributed by atoms with Crippen molar-refractivity contribution in [3.63, 3.8) is 0 Å². The van der Waals surface area contributed by atoms with E-state index in [0.29, 0.717) is 19.3 Å². The molecule has 7 heteroatoms. The lowest BCUT2D eigenvalue weighted by Crippen LogP contribution is -2.65. The normalized spacial score (nSPS) is 45.9. The van der Waals surface area contributed by atoms with Crippen molar-refractivity contribution in [2.24, 2.45) is 28.6 Å². The van der Waals surface area contributed by atoms with Crippen LogP contribution in [0.15, 0.2) is 23.8 Å². The largest absolute Gasteiger partial charge is 0.456 e. The highest BCUT2D eigenvalue weighted by molar-refractivity contribution is 5.92. The average Bonchev–Trinajstić information content (AvgIpc) is 2.87. The van der Waals surface area contributed by atoms with Crippen LogP contribution in [-0.4, -0.2) is 28.6 Å². The second-order valence-corrected chi connectivity index (χ2v) is 9.56. The number of carbonyl (C=O) groups is 1. The summed E-state index contributed by atoms with van der Waals surface area (Å²) < 4.78 is 68.3. The molecule has 4 rings (SSSR count). The summed E-state index contributed by atoms with van der Waals surface area (Å²) in [6.45, 7) is 3.48. The zero-order valence-electron chi connectivity index (χ0n) is 16.0. The number of carbonyl (C=O) groups excluding carboxylic acids is 1. The molecule has 2 saturated carbocycles. The van der Waals surface area contributed by atoms with Crippen LogP contribution < -0.4 is 0 Å². The van der Waals surface area contributed by atoms with Crippen LogP contribution in [0.2, 0.25) is 0 Å². The highest BCUT2D eigenvalue weighted by atomic mass is 19.4. The summed E-state index contributed by atoms with van der Waals surface area (Å²) >= 11 is 0. The Morgan fingerprint density at radius 2 is 1.68 bits per heavy atom. The molecular weight excluding hydrogens is 379 g/mol. The van der Waals surface area contributed by atoms with Crippen molar-refractivity contribution in [1.29, 1.82) is 0 Å². The van der Waals surface area contributed by atoms with Crippen LogP contribution in [0.3, 0.4) is 0 Å². The van der Waals surface area contributed by atoms with Crippen molar-refractivity contribution in [1.82, 2.24) is 0 Å². The molecule has 0 spiro atoms. The van der Waals surface area contributed by atoms with E-state index in [0.717, 1.165) is 5.57 Å². The summed E-state index contributed by atoms with van der Waals surface area (Å²) in [6.07, 6.45) is 0.835. The van der Waals surface area contributed by atoms with Gasteiger partial charge in [0.25, 0.3) is 0 Å². The minimum Gasteiger partial charge on any atom is -0.383 e. The van der Waals surface area contributed by atoms with Gasteiger partial charge in [0.15, 0.2) is 5.78 Å². The third-order valence-corrected chi connectivity index (χ3v) is 8.54. The van der Waals surface area contributed by atoms with Crippen LogP contribution in [0, 0.1) is 28.6 Å². The maximum absolute atomic E-state index is 14.4. The number of fused-ring (bicyclic) bond motifs is 5. The number of hydrogen-bond donors (Lipinski definition) is 1. The van der Waals surface area contributed by atoms with Gasteiger partial charge in [0, 0.05) is 11.8 Å². The van der Waals surface area contributed by atoms with Crippen molar-refractivity contribution in [3.8, 4) is 0 Å². The van der Waals surface area contributed by atoms with Gasteiger partial charge >= 0.3 is 12.1 Å². The third kappa shape index (κ3) is 2.25. The quantitative estimate of drug-likeness (QED) is 0.608. The van der Waals surface area contributed by atoms with Gasteiger partial charge in [-0.2, -0.15) is 22.0 Å². The molecule has 4 aliphatic rings. The Kier molecular flexibility index (Phi) is 4.06. The van der Waals surface area contributed by atoms with E-state index in [2.05, 4.69) is 6.92 Å². The number of halogens is 5. The molecule has 1 N–H and O–H groups in total. The SMILES string of the molecule is C[C@]12CCC(=O)C=C1C=C[C@@H]1[C@H]2CC[C@@]2(C)[C@H]1CCC2(O)C(F)(F)C(F)(F)F. The Morgan fingerprint density at radius 1 is 1.04 bits per heavy atom. The standard InChI is InChI=1S/C21H25F5O2/c1-17-8-5-13(27)11-12(17)3-4-14-15(17)6-9-18(2)16(14)7-10-19(18,28)20(22,23)21(24,25)26/h3-4,11,14-16,28H,5-10H2,1-2H3/t14-,15-,16+,17+,18+,19?/m1/s1. The fraction of sp³-hybridized carbons (Fsp3) is 0.762. The highest BCUT2D eigenvalue weighted by Gasteiger charge is 2.78. The molecule has 4 aliphatic carbocycles. The average molecular weight is 404 g/mol. The monoisotopic (exact) mass is 404 g/mol. The van der Waals surface area contributed by atoms with E-state index in [4.69, 9.17) is 0 Å². The molecule has 2 nitrogen and oxygen atoms in total. The highest BCUT2D eigenvalue weighted by Crippen LogP contribution is 2.69. The number of allylic oxidation sites excluding steroid dienone is 4. The second-order valence-electron chi connectivity index (χ2n) is 9.56. The van der Waals surface area contributed by atoms with Gasteiger partial charge in [-0.15, -0.1) is 0 Å². The third-order valence-electron chi connectivity index (χ3n) is 8.54. The Bertz CT molecular complexity index is 769. The first-order chi connectivity index (χ1) is 12.8. The molecule has 0 aliphatic heterocycles. The van der Waals surface area contributed by atoms with Crippen LogP contribution in [-0.2, 0) is 4.79 Å². The van der Waals surface area contributed by atoms with E-state index >= 15 is 0 Å². The van der Waals surface area contributed by atoms with Crippen molar-refractivity contribution >= 4 is 5.78 Å². The van der Waals surface area contributed by atoms with Gasteiger partial charge in [0.2, 0.25) is 0 Å². The van der Waals surface area contributed by atoms with Crippen molar-refractivity contribution in [2.45, 2.75) is 70.1 Å². The topological polar surface area (TPSA) is 37.3 Å². The molecule has 1 unspecified atom stereocenters. The number of alkyl halides is 5. The number of aliphatic hydroxyl groups is 1. The molecule has 28 heavy (non-hydrogen) atoms. The zero-order chi connectivity index (χ0) is 20.8. The molecule has 0 bridgehead atoms. The Labute approximate surface area is 160 Å². The Balaban J connectivity index is 1.74. The van der Waals surface area contributed by atoms with Crippen LogP contribution in [0.1, 0.15) is 52.4 Å². The molecule has 0 saturated heterocycles. The van der Waals surface area contributed by atoms with Crippen LogP contribution in [0.4, 0.5) is 22.0 Å². The first-order valence-corrected chi connectivity index (χ1v) is 9.88. The van der Waals surface area contributed by atoms with Gasteiger partial charge in [-0.1, -0.05) is 26.0 Å². The second kappa shape index (κ2) is 5.67. The lowest BCUT2D eigenvalue weighted by molar-refractivity contribution is -0.363. The number of hydrogen-bond acceptors (Lipinski definition) is 2. The molecule has 0 aromatic carbocycles. The molecule has 2 fully saturated rings. The molecule has 0 aromatic rings. The minimum atomic E-state index is -5.79. The van der Waals surface area contributed by atoms with E-state index in [1.54, 1.807) is 6.08 Å². The molecule has 0 radical (unpaired) electrons. The summed E-state index contributed by atoms with van der Waals surface area (Å²) in [7, 11) is 0. The summed E-state index contributed by atoms with van der Waals surface area (Å²) in [4.78, 5) is 11.8. The number of rotatable bonds is 1. The summed E-state index contributed by atoms with van der Waals surface area (Å²) in [5.74, 6) is -5.63. The molecule has 6 atom stereocenters. The van der Waals surface area contributed by atoms with Gasteiger partial charge in [0.05, 0.1) is 0 Å². The lowest BCUT2D eigenvalue weighted by Gasteiger charge is -2.58. The summed E-state index contributed by atoms with van der Waals surface area (Å²) in [6, 6.07) is 0. The number of ketones is 1. The predicted octanol–water partition coefficient (Wildman–Crippen LogP) is 5.22. The van der Waals surface area contributed by atoms with Crippen molar-refractivity contribution in [2.75, 3.05) is 0 Å². The fourth-order valence-electron chi connectivity index (χ4n) is 6.76. The van der Waals surface area contributed by atoms with Crippen LogP contribution in [0.25, 0.3) is 0 Å². The molecule has 0 heterocycles.